The van der Waals surface area contributed by atoms with E-state index in [0.29, 0.717) is 6.04 Å². The highest BCUT2D eigenvalue weighted by Gasteiger charge is 2.04. The van der Waals surface area contributed by atoms with Gasteiger partial charge in [-0.3, -0.25) is 4.68 Å². The van der Waals surface area contributed by atoms with Gasteiger partial charge in [-0.05, 0) is 30.5 Å². The van der Waals surface area contributed by atoms with Crippen LogP contribution in [-0.2, 0) is 13.0 Å². The zero-order valence-corrected chi connectivity index (χ0v) is 11.8. The summed E-state index contributed by atoms with van der Waals surface area (Å²) < 4.78 is 1.95. The van der Waals surface area contributed by atoms with Crippen molar-refractivity contribution in [3.63, 3.8) is 0 Å². The quantitative estimate of drug-likeness (QED) is 0.825. The van der Waals surface area contributed by atoms with Gasteiger partial charge in [0.05, 0.1) is 6.54 Å². The number of nitrogens with zero attached hydrogens (tertiary/aromatic N) is 2. The summed E-state index contributed by atoms with van der Waals surface area (Å²) in [6.45, 7) is 6.26. The molecule has 3 heteroatoms. The molecule has 1 N–H and O–H groups in total. The van der Waals surface area contributed by atoms with Gasteiger partial charge in [0.1, 0.15) is 0 Å². The first kappa shape index (κ1) is 13.8. The molecule has 19 heavy (non-hydrogen) atoms. The molecule has 0 saturated carbocycles. The summed E-state index contributed by atoms with van der Waals surface area (Å²) in [4.78, 5) is 0. The normalized spacial score (nSPS) is 12.5. The fourth-order valence-corrected chi connectivity index (χ4v) is 2.21. The summed E-state index contributed by atoms with van der Waals surface area (Å²) >= 11 is 0. The van der Waals surface area contributed by atoms with Crippen molar-refractivity contribution < 1.29 is 0 Å². The minimum atomic E-state index is 0.381. The molecule has 3 nitrogen and oxygen atoms in total. The smallest absolute Gasteiger partial charge is 0.0534 e. The van der Waals surface area contributed by atoms with Crippen molar-refractivity contribution in [1.82, 2.24) is 15.1 Å². The number of aromatic nitrogens is 2. The minimum Gasteiger partial charge on any atom is -0.308 e. The van der Waals surface area contributed by atoms with Crippen molar-refractivity contribution >= 4 is 0 Å². The molecule has 1 atom stereocenters. The topological polar surface area (TPSA) is 29.9 Å². The lowest BCUT2D eigenvalue weighted by atomic mass is 10.0. The van der Waals surface area contributed by atoms with Crippen molar-refractivity contribution in [2.45, 2.75) is 39.3 Å². The van der Waals surface area contributed by atoms with Crippen LogP contribution in [0.3, 0.4) is 0 Å². The van der Waals surface area contributed by atoms with Crippen LogP contribution in [0.1, 0.15) is 37.4 Å². The molecule has 0 spiro atoms. The Labute approximate surface area is 115 Å². The first-order valence-corrected chi connectivity index (χ1v) is 7.09. The van der Waals surface area contributed by atoms with Crippen LogP contribution in [0.4, 0.5) is 0 Å². The molecule has 0 radical (unpaired) electrons. The van der Waals surface area contributed by atoms with E-state index in [0.717, 1.165) is 13.1 Å². The molecule has 0 bridgehead atoms. The number of nitrogens with one attached hydrogen (secondary N) is 1. The van der Waals surface area contributed by atoms with Crippen LogP contribution in [0.15, 0.2) is 42.7 Å². The Bertz CT molecular complexity index is 459. The van der Waals surface area contributed by atoms with Gasteiger partial charge >= 0.3 is 0 Å². The number of hydrogen-bond donors (Lipinski definition) is 1. The minimum absolute atomic E-state index is 0.381. The fraction of sp³-hybridized carbons (Fsp3) is 0.438. The van der Waals surface area contributed by atoms with Crippen LogP contribution >= 0.6 is 0 Å². The maximum Gasteiger partial charge on any atom is 0.0534 e. The second-order valence-corrected chi connectivity index (χ2v) is 4.94. The fourth-order valence-electron chi connectivity index (χ4n) is 2.21. The van der Waals surface area contributed by atoms with E-state index in [1.54, 1.807) is 0 Å². The highest BCUT2D eigenvalue weighted by molar-refractivity contribution is 5.24. The molecule has 102 valence electrons. The molecule has 1 heterocycles. The summed E-state index contributed by atoms with van der Waals surface area (Å²) in [5, 5.41) is 7.72. The Balaban J connectivity index is 1.80. The summed E-state index contributed by atoms with van der Waals surface area (Å²) in [5.41, 5.74) is 2.77. The third-order valence-corrected chi connectivity index (χ3v) is 3.37. The Morgan fingerprint density at radius 3 is 2.68 bits per heavy atom. The van der Waals surface area contributed by atoms with Crippen LogP contribution in [-0.4, -0.2) is 16.3 Å². The summed E-state index contributed by atoms with van der Waals surface area (Å²) in [5.74, 6) is 0. The summed E-state index contributed by atoms with van der Waals surface area (Å²) in [6.07, 6.45) is 6.18. The van der Waals surface area contributed by atoms with Crippen LogP contribution in [0.2, 0.25) is 0 Å². The van der Waals surface area contributed by atoms with Crippen molar-refractivity contribution in [3.8, 4) is 0 Å². The van der Waals surface area contributed by atoms with E-state index in [1.165, 1.54) is 24.0 Å². The van der Waals surface area contributed by atoms with E-state index in [-0.39, 0.29) is 0 Å². The maximum atomic E-state index is 4.19. The number of hydrogen-bond acceptors (Lipinski definition) is 2. The van der Waals surface area contributed by atoms with E-state index in [2.05, 4.69) is 48.5 Å². The molecule has 0 amide bonds. The molecular weight excluding hydrogens is 234 g/mol. The molecule has 1 unspecified atom stereocenters. The molecule has 1 aromatic heterocycles. The third-order valence-electron chi connectivity index (χ3n) is 3.37. The molecule has 0 saturated heterocycles. The van der Waals surface area contributed by atoms with Crippen LogP contribution in [0.5, 0.6) is 0 Å². The van der Waals surface area contributed by atoms with E-state index >= 15 is 0 Å². The Morgan fingerprint density at radius 1 is 1.26 bits per heavy atom. The van der Waals surface area contributed by atoms with Gasteiger partial charge in [0, 0.05) is 25.0 Å². The van der Waals surface area contributed by atoms with E-state index < -0.39 is 0 Å². The zero-order chi connectivity index (χ0) is 13.5. The monoisotopic (exact) mass is 257 g/mol. The molecule has 1 aromatic carbocycles. The van der Waals surface area contributed by atoms with Crippen molar-refractivity contribution in [1.29, 1.82) is 0 Å². The molecule has 2 rings (SSSR count). The number of benzene rings is 1. The van der Waals surface area contributed by atoms with Gasteiger partial charge in [-0.25, -0.2) is 0 Å². The van der Waals surface area contributed by atoms with Gasteiger partial charge in [0.25, 0.3) is 0 Å². The molecule has 0 aliphatic carbocycles. The van der Waals surface area contributed by atoms with Crippen LogP contribution in [0.25, 0.3) is 0 Å². The standard InChI is InChI=1S/C16H23N3/c1-3-5-15-6-8-16(9-7-15)14(2)17-11-13-19-12-4-10-18-19/h4,6-10,12,14,17H,3,5,11,13H2,1-2H3. The second kappa shape index (κ2) is 7.10. The van der Waals surface area contributed by atoms with Crippen LogP contribution in [0, 0.1) is 0 Å². The lowest BCUT2D eigenvalue weighted by molar-refractivity contribution is 0.507. The number of aryl methyl sites for hydroxylation is 1. The number of rotatable bonds is 7. The average Bonchev–Trinajstić information content (AvgIpc) is 2.93. The average molecular weight is 257 g/mol. The van der Waals surface area contributed by atoms with Gasteiger partial charge in [-0.15, -0.1) is 0 Å². The predicted octanol–water partition coefficient (Wildman–Crippen LogP) is 3.19. The molecule has 2 aromatic rings. The molecule has 0 aliphatic heterocycles. The maximum absolute atomic E-state index is 4.19. The first-order chi connectivity index (χ1) is 9.29. The summed E-state index contributed by atoms with van der Waals surface area (Å²) in [7, 11) is 0. The van der Waals surface area contributed by atoms with Gasteiger partial charge in [0.2, 0.25) is 0 Å². The lowest BCUT2D eigenvalue weighted by Crippen LogP contribution is -2.23. The Morgan fingerprint density at radius 2 is 2.05 bits per heavy atom. The molecular formula is C16H23N3. The predicted molar refractivity (Wildman–Crippen MR) is 79.1 cm³/mol. The van der Waals surface area contributed by atoms with Crippen molar-refractivity contribution in [3.05, 3.63) is 53.9 Å². The molecule has 0 aliphatic rings. The highest BCUT2D eigenvalue weighted by atomic mass is 15.3. The lowest BCUT2D eigenvalue weighted by Gasteiger charge is -2.14. The largest absolute Gasteiger partial charge is 0.308 e. The van der Waals surface area contributed by atoms with Crippen molar-refractivity contribution in [2.24, 2.45) is 0 Å². The van der Waals surface area contributed by atoms with Gasteiger partial charge in [0.15, 0.2) is 0 Å². The van der Waals surface area contributed by atoms with Crippen molar-refractivity contribution in [2.75, 3.05) is 6.54 Å². The van der Waals surface area contributed by atoms with E-state index in [1.807, 2.05) is 23.1 Å². The Hall–Kier alpha value is -1.61. The van der Waals surface area contributed by atoms with E-state index in [9.17, 15) is 0 Å². The second-order valence-electron chi connectivity index (χ2n) is 4.94. The zero-order valence-electron chi connectivity index (χ0n) is 11.8. The summed E-state index contributed by atoms with van der Waals surface area (Å²) in [6, 6.07) is 11.3. The van der Waals surface area contributed by atoms with Gasteiger partial charge in [-0.2, -0.15) is 5.10 Å². The molecule has 0 fully saturated rings. The first-order valence-electron chi connectivity index (χ1n) is 7.09. The SMILES string of the molecule is CCCc1ccc(C(C)NCCn2cccn2)cc1. The highest BCUT2D eigenvalue weighted by Crippen LogP contribution is 2.14. The van der Waals surface area contributed by atoms with E-state index in [4.69, 9.17) is 0 Å². The third kappa shape index (κ3) is 4.21. The van der Waals surface area contributed by atoms with Gasteiger partial charge < -0.3 is 5.32 Å². The van der Waals surface area contributed by atoms with Crippen LogP contribution < -0.4 is 5.32 Å². The van der Waals surface area contributed by atoms with Gasteiger partial charge in [-0.1, -0.05) is 37.6 Å². The Kier molecular flexibility index (Phi) is 5.16.